The van der Waals surface area contributed by atoms with Gasteiger partial charge < -0.3 is 19.5 Å². The fraction of sp³-hybridized carbons (Fsp3) is 0.400. The Morgan fingerprint density at radius 1 is 1.18 bits per heavy atom. The van der Waals surface area contributed by atoms with Crippen LogP contribution in [-0.2, 0) is 22.3 Å². The molecule has 150 valence electrons. The van der Waals surface area contributed by atoms with Gasteiger partial charge in [-0.05, 0) is 65.4 Å². The highest BCUT2D eigenvalue weighted by Gasteiger charge is 2.27. The summed E-state index contributed by atoms with van der Waals surface area (Å²) in [4.78, 5) is 26.2. The normalized spacial score (nSPS) is 13.0. The summed E-state index contributed by atoms with van der Waals surface area (Å²) in [5.74, 6) is -0.0545. The maximum Gasteiger partial charge on any atom is 0.341 e. The quantitative estimate of drug-likeness (QED) is 0.480. The summed E-state index contributed by atoms with van der Waals surface area (Å²) >= 11 is 4.90. The molecule has 28 heavy (non-hydrogen) atoms. The average Bonchev–Trinajstić information content (AvgIpc) is 3.06. The number of anilines is 1. The lowest BCUT2D eigenvalue weighted by molar-refractivity contribution is 0.0601. The van der Waals surface area contributed by atoms with Crippen molar-refractivity contribution in [2.75, 3.05) is 32.8 Å². The highest BCUT2D eigenvalue weighted by atomic mass is 79.9. The Morgan fingerprint density at radius 2 is 1.96 bits per heavy atom. The number of hydrogen-bond donors (Lipinski definition) is 1. The zero-order valence-corrected chi connectivity index (χ0v) is 18.2. The molecule has 1 aliphatic rings. The molecule has 1 aromatic heterocycles. The number of nitrogens with one attached hydrogen (secondary N) is 1. The number of carbonyl (C=O) groups excluding carboxylic acids is 2. The van der Waals surface area contributed by atoms with E-state index in [1.807, 2.05) is 0 Å². The van der Waals surface area contributed by atoms with Gasteiger partial charge >= 0.3 is 5.97 Å². The second-order valence-electron chi connectivity index (χ2n) is 6.35. The number of halogens is 1. The SMILES string of the molecule is COCCOc1ccc(C(=O)Nc2sc3c(c2C(=O)OC)CCCC3)cc1Br. The van der Waals surface area contributed by atoms with Crippen molar-refractivity contribution in [1.29, 1.82) is 0 Å². The molecule has 0 unspecified atom stereocenters. The van der Waals surface area contributed by atoms with Crippen LogP contribution in [0.15, 0.2) is 22.7 Å². The fourth-order valence-corrected chi connectivity index (χ4v) is 4.91. The summed E-state index contributed by atoms with van der Waals surface area (Å²) in [5.41, 5.74) is 1.98. The molecule has 1 N–H and O–H groups in total. The number of aryl methyl sites for hydroxylation is 1. The van der Waals surface area contributed by atoms with Crippen LogP contribution in [0.4, 0.5) is 5.00 Å². The van der Waals surface area contributed by atoms with E-state index >= 15 is 0 Å². The molecular weight excluding hydrogens is 446 g/mol. The lowest BCUT2D eigenvalue weighted by atomic mass is 9.95. The molecule has 0 atom stereocenters. The summed E-state index contributed by atoms with van der Waals surface area (Å²) in [6.45, 7) is 0.901. The maximum atomic E-state index is 12.8. The number of thiophene rings is 1. The number of hydrogen-bond acceptors (Lipinski definition) is 6. The first kappa shape index (κ1) is 20.8. The minimum Gasteiger partial charge on any atom is -0.490 e. The molecule has 0 aliphatic heterocycles. The van der Waals surface area contributed by atoms with Crippen molar-refractivity contribution < 1.29 is 23.8 Å². The predicted molar refractivity (Wildman–Crippen MR) is 112 cm³/mol. The van der Waals surface area contributed by atoms with Crippen molar-refractivity contribution in [3.05, 3.63) is 44.2 Å². The second kappa shape index (κ2) is 9.54. The van der Waals surface area contributed by atoms with Gasteiger partial charge in [0.1, 0.15) is 17.4 Å². The van der Waals surface area contributed by atoms with Gasteiger partial charge in [-0.15, -0.1) is 11.3 Å². The van der Waals surface area contributed by atoms with Crippen molar-refractivity contribution in [3.8, 4) is 5.75 Å². The van der Waals surface area contributed by atoms with Crippen LogP contribution in [0.25, 0.3) is 0 Å². The summed E-state index contributed by atoms with van der Waals surface area (Å²) < 4.78 is 16.2. The third-order valence-corrected chi connectivity index (χ3v) is 6.35. The molecule has 1 aliphatic carbocycles. The number of esters is 1. The zero-order chi connectivity index (χ0) is 20.1. The number of rotatable bonds is 7. The summed E-state index contributed by atoms with van der Waals surface area (Å²) in [7, 11) is 2.97. The Bertz CT molecular complexity index is 880. The van der Waals surface area contributed by atoms with E-state index in [2.05, 4.69) is 21.2 Å². The van der Waals surface area contributed by atoms with Crippen molar-refractivity contribution in [2.45, 2.75) is 25.7 Å². The van der Waals surface area contributed by atoms with Gasteiger partial charge in [0, 0.05) is 17.6 Å². The number of amides is 1. The van der Waals surface area contributed by atoms with Crippen molar-refractivity contribution >= 4 is 44.1 Å². The van der Waals surface area contributed by atoms with Gasteiger partial charge in [0.2, 0.25) is 0 Å². The first-order chi connectivity index (χ1) is 13.5. The van der Waals surface area contributed by atoms with Gasteiger partial charge in [0.25, 0.3) is 5.91 Å². The molecular formula is C20H22BrNO5S. The van der Waals surface area contributed by atoms with E-state index in [9.17, 15) is 9.59 Å². The minimum atomic E-state index is -0.405. The monoisotopic (exact) mass is 467 g/mol. The van der Waals surface area contributed by atoms with Crippen LogP contribution in [0.5, 0.6) is 5.75 Å². The highest BCUT2D eigenvalue weighted by molar-refractivity contribution is 9.10. The first-order valence-electron chi connectivity index (χ1n) is 9.00. The molecule has 6 nitrogen and oxygen atoms in total. The molecule has 0 saturated heterocycles. The zero-order valence-electron chi connectivity index (χ0n) is 15.8. The molecule has 0 fully saturated rings. The van der Waals surface area contributed by atoms with Gasteiger partial charge in [0.15, 0.2) is 0 Å². The van der Waals surface area contributed by atoms with E-state index in [1.54, 1.807) is 25.3 Å². The van der Waals surface area contributed by atoms with Gasteiger partial charge in [-0.2, -0.15) is 0 Å². The first-order valence-corrected chi connectivity index (χ1v) is 10.6. The van der Waals surface area contributed by atoms with Crippen LogP contribution in [0.2, 0.25) is 0 Å². The van der Waals surface area contributed by atoms with Crippen LogP contribution < -0.4 is 10.1 Å². The summed E-state index contributed by atoms with van der Waals surface area (Å²) in [6.07, 6.45) is 3.90. The Kier molecular flexibility index (Phi) is 7.09. The van der Waals surface area contributed by atoms with E-state index in [0.29, 0.717) is 39.6 Å². The molecule has 3 rings (SSSR count). The van der Waals surface area contributed by atoms with Crippen LogP contribution >= 0.6 is 27.3 Å². The van der Waals surface area contributed by atoms with E-state index in [-0.39, 0.29) is 5.91 Å². The fourth-order valence-electron chi connectivity index (χ4n) is 3.14. The third kappa shape index (κ3) is 4.56. The number of benzene rings is 1. The van der Waals surface area contributed by atoms with Gasteiger partial charge in [-0.1, -0.05) is 0 Å². The van der Waals surface area contributed by atoms with E-state index < -0.39 is 5.97 Å². The molecule has 8 heteroatoms. The summed E-state index contributed by atoms with van der Waals surface area (Å²) in [6, 6.07) is 5.12. The van der Waals surface area contributed by atoms with E-state index in [1.165, 1.54) is 18.4 Å². The maximum absolute atomic E-state index is 12.8. The van der Waals surface area contributed by atoms with E-state index in [4.69, 9.17) is 14.2 Å². The molecule has 2 aromatic rings. The number of fused-ring (bicyclic) bond motifs is 1. The lowest BCUT2D eigenvalue weighted by Crippen LogP contribution is -2.15. The molecule has 0 radical (unpaired) electrons. The molecule has 0 saturated carbocycles. The van der Waals surface area contributed by atoms with Crippen LogP contribution in [-0.4, -0.2) is 39.3 Å². The van der Waals surface area contributed by atoms with Gasteiger partial charge in [0.05, 0.1) is 23.8 Å². The molecule has 1 aromatic carbocycles. The highest BCUT2D eigenvalue weighted by Crippen LogP contribution is 2.39. The topological polar surface area (TPSA) is 73.9 Å². The molecule has 0 spiro atoms. The number of methoxy groups -OCH3 is 2. The number of ether oxygens (including phenoxy) is 3. The van der Waals surface area contributed by atoms with Crippen molar-refractivity contribution in [3.63, 3.8) is 0 Å². The lowest BCUT2D eigenvalue weighted by Gasteiger charge is -2.12. The third-order valence-electron chi connectivity index (χ3n) is 4.53. The smallest absolute Gasteiger partial charge is 0.341 e. The van der Waals surface area contributed by atoms with Gasteiger partial charge in [-0.3, -0.25) is 4.79 Å². The average molecular weight is 468 g/mol. The molecule has 0 bridgehead atoms. The molecule has 1 heterocycles. The number of carbonyl (C=O) groups is 2. The standard InChI is InChI=1S/C20H22BrNO5S/c1-25-9-10-27-15-8-7-12(11-14(15)21)18(23)22-19-17(20(24)26-2)13-5-3-4-6-16(13)28-19/h7-8,11H,3-6,9-10H2,1-2H3,(H,22,23). The predicted octanol–water partition coefficient (Wildman–Crippen LogP) is 4.45. The summed E-state index contributed by atoms with van der Waals surface area (Å²) in [5, 5.41) is 3.45. The van der Waals surface area contributed by atoms with Crippen LogP contribution in [0, 0.1) is 0 Å². The second-order valence-corrected chi connectivity index (χ2v) is 8.31. The van der Waals surface area contributed by atoms with Gasteiger partial charge in [-0.25, -0.2) is 4.79 Å². The minimum absolute atomic E-state index is 0.284. The Morgan fingerprint density at radius 3 is 2.68 bits per heavy atom. The largest absolute Gasteiger partial charge is 0.490 e. The Hall–Kier alpha value is -1.90. The Labute approximate surface area is 176 Å². The van der Waals surface area contributed by atoms with Crippen LogP contribution in [0.1, 0.15) is 44.0 Å². The Balaban J connectivity index is 1.80. The molecule has 1 amide bonds. The van der Waals surface area contributed by atoms with Crippen molar-refractivity contribution in [2.24, 2.45) is 0 Å². The van der Waals surface area contributed by atoms with Crippen molar-refractivity contribution in [1.82, 2.24) is 0 Å². The van der Waals surface area contributed by atoms with E-state index in [0.717, 1.165) is 36.1 Å². The van der Waals surface area contributed by atoms with Crippen LogP contribution in [0.3, 0.4) is 0 Å².